The van der Waals surface area contributed by atoms with E-state index >= 15 is 0 Å². The third kappa shape index (κ3) is 1.55. The van der Waals surface area contributed by atoms with Crippen LogP contribution in [0.5, 0.6) is 0 Å². The fourth-order valence-corrected chi connectivity index (χ4v) is 5.03. The molecule has 1 heterocycles. The van der Waals surface area contributed by atoms with Gasteiger partial charge in [-0.25, -0.2) is 0 Å². The maximum absolute atomic E-state index is 11.2. The summed E-state index contributed by atoms with van der Waals surface area (Å²) in [5.74, 6) is 1.09. The van der Waals surface area contributed by atoms with E-state index in [1.807, 2.05) is 13.8 Å². The van der Waals surface area contributed by atoms with Crippen LogP contribution < -0.4 is 0 Å². The first-order chi connectivity index (χ1) is 8.49. The van der Waals surface area contributed by atoms with E-state index in [0.717, 1.165) is 19.3 Å². The molecule has 0 aromatic heterocycles. The lowest BCUT2D eigenvalue weighted by Crippen LogP contribution is -2.56. The van der Waals surface area contributed by atoms with Gasteiger partial charge in [-0.2, -0.15) is 5.26 Å². The summed E-state index contributed by atoms with van der Waals surface area (Å²) >= 11 is 0. The molecule has 0 radical (unpaired) electrons. The maximum Gasteiger partial charge on any atom is 0.0892 e. The van der Waals surface area contributed by atoms with E-state index in [9.17, 15) is 10.4 Å². The zero-order chi connectivity index (χ0) is 13.0. The van der Waals surface area contributed by atoms with Crippen LogP contribution in [0.25, 0.3) is 0 Å². The van der Waals surface area contributed by atoms with Gasteiger partial charge < -0.3 is 9.84 Å². The monoisotopic (exact) mass is 249 g/mol. The molecule has 1 N–H and O–H groups in total. The molecule has 1 saturated heterocycles. The summed E-state index contributed by atoms with van der Waals surface area (Å²) in [6.07, 6.45) is 5.80. The number of hydrogen-bond acceptors (Lipinski definition) is 3. The van der Waals surface area contributed by atoms with E-state index in [1.165, 1.54) is 6.42 Å². The average molecular weight is 249 g/mol. The van der Waals surface area contributed by atoms with E-state index in [1.54, 1.807) is 0 Å². The zero-order valence-corrected chi connectivity index (χ0v) is 11.4. The van der Waals surface area contributed by atoms with Crippen LogP contribution in [0.1, 0.15) is 52.4 Å². The minimum absolute atomic E-state index is 0.0584. The normalized spacial score (nSPS) is 55.4. The Labute approximate surface area is 109 Å². The van der Waals surface area contributed by atoms with Gasteiger partial charge in [0.1, 0.15) is 0 Å². The lowest BCUT2D eigenvalue weighted by atomic mass is 9.59. The van der Waals surface area contributed by atoms with E-state index in [2.05, 4.69) is 6.07 Å². The number of rotatable bonds is 1. The molecule has 2 saturated carbocycles. The molecule has 3 heteroatoms. The second-order valence-electron chi connectivity index (χ2n) is 6.86. The molecule has 0 aromatic carbocycles. The van der Waals surface area contributed by atoms with Crippen molar-refractivity contribution in [3.63, 3.8) is 0 Å². The predicted octanol–water partition coefficient (Wildman–Crippen LogP) is 2.63. The van der Waals surface area contributed by atoms with E-state index in [4.69, 9.17) is 4.74 Å². The van der Waals surface area contributed by atoms with Crippen molar-refractivity contribution in [3.8, 4) is 6.07 Å². The van der Waals surface area contributed by atoms with Crippen molar-refractivity contribution in [2.24, 2.45) is 17.3 Å². The standard InChI is InChI=1S/C15H23NO2/c1-10-6-15(17,7-11(2)18-10)14(9-16)8-12-3-4-13(14)5-12/h10-13,17H,3-8H2,1-2H3. The van der Waals surface area contributed by atoms with Gasteiger partial charge in [-0.15, -0.1) is 0 Å². The van der Waals surface area contributed by atoms with Crippen molar-refractivity contribution in [2.75, 3.05) is 0 Å². The highest BCUT2D eigenvalue weighted by atomic mass is 16.5. The van der Waals surface area contributed by atoms with Crippen LogP contribution in [0, 0.1) is 28.6 Å². The van der Waals surface area contributed by atoms with Gasteiger partial charge in [0, 0.05) is 12.8 Å². The SMILES string of the molecule is CC1CC(O)(C2(C#N)CC3CCC2C3)CC(C)O1. The summed E-state index contributed by atoms with van der Waals surface area (Å²) in [4.78, 5) is 0. The number of nitriles is 1. The van der Waals surface area contributed by atoms with Crippen LogP contribution in [0.15, 0.2) is 0 Å². The molecule has 0 spiro atoms. The molecule has 3 nitrogen and oxygen atoms in total. The highest BCUT2D eigenvalue weighted by molar-refractivity contribution is 5.21. The predicted molar refractivity (Wildman–Crippen MR) is 67.7 cm³/mol. The second-order valence-corrected chi connectivity index (χ2v) is 6.86. The Bertz CT molecular complexity index is 378. The molecule has 2 bridgehead atoms. The van der Waals surface area contributed by atoms with Crippen molar-refractivity contribution < 1.29 is 9.84 Å². The summed E-state index contributed by atoms with van der Waals surface area (Å²) in [5.41, 5.74) is -1.33. The van der Waals surface area contributed by atoms with E-state index in [0.29, 0.717) is 24.7 Å². The molecular formula is C15H23NO2. The lowest BCUT2D eigenvalue weighted by molar-refractivity contribution is -0.184. The molecule has 0 aromatic rings. The van der Waals surface area contributed by atoms with Gasteiger partial charge in [-0.1, -0.05) is 6.42 Å². The van der Waals surface area contributed by atoms with Crippen LogP contribution in [-0.2, 0) is 4.74 Å². The highest BCUT2D eigenvalue weighted by Gasteiger charge is 2.63. The van der Waals surface area contributed by atoms with Crippen molar-refractivity contribution >= 4 is 0 Å². The summed E-state index contributed by atoms with van der Waals surface area (Å²) in [7, 11) is 0. The van der Waals surface area contributed by atoms with Crippen molar-refractivity contribution in [2.45, 2.75) is 70.2 Å². The first-order valence-corrected chi connectivity index (χ1v) is 7.28. The Hall–Kier alpha value is -0.590. The van der Waals surface area contributed by atoms with Crippen LogP contribution in [-0.4, -0.2) is 22.9 Å². The lowest BCUT2D eigenvalue weighted by Gasteiger charge is -2.50. The largest absolute Gasteiger partial charge is 0.388 e. The van der Waals surface area contributed by atoms with Gasteiger partial charge in [0.25, 0.3) is 0 Å². The number of ether oxygens (including phenoxy) is 1. The van der Waals surface area contributed by atoms with Gasteiger partial charge >= 0.3 is 0 Å². The van der Waals surface area contributed by atoms with E-state index < -0.39 is 11.0 Å². The summed E-state index contributed by atoms with van der Waals surface area (Å²) in [5, 5.41) is 21.0. The Morgan fingerprint density at radius 3 is 2.28 bits per heavy atom. The van der Waals surface area contributed by atoms with Crippen molar-refractivity contribution in [3.05, 3.63) is 0 Å². The quantitative estimate of drug-likeness (QED) is 0.777. The summed E-state index contributed by atoms with van der Waals surface area (Å²) in [6, 6.07) is 2.55. The van der Waals surface area contributed by atoms with Crippen LogP contribution in [0.3, 0.4) is 0 Å². The van der Waals surface area contributed by atoms with Crippen LogP contribution in [0.4, 0.5) is 0 Å². The third-order valence-electron chi connectivity index (χ3n) is 5.59. The molecule has 5 unspecified atom stereocenters. The molecule has 100 valence electrons. The Balaban J connectivity index is 1.94. The fourth-order valence-electron chi connectivity index (χ4n) is 5.03. The second kappa shape index (κ2) is 3.95. The number of fused-ring (bicyclic) bond motifs is 2. The minimum Gasteiger partial charge on any atom is -0.388 e. The highest BCUT2D eigenvalue weighted by Crippen LogP contribution is 2.62. The number of aliphatic hydroxyl groups is 1. The first kappa shape index (κ1) is 12.4. The molecule has 1 aliphatic heterocycles. The molecular weight excluding hydrogens is 226 g/mol. The van der Waals surface area contributed by atoms with Gasteiger partial charge in [0.05, 0.1) is 29.3 Å². The van der Waals surface area contributed by atoms with Gasteiger partial charge in [-0.05, 0) is 44.9 Å². The molecule has 3 rings (SSSR count). The molecule has 18 heavy (non-hydrogen) atoms. The van der Waals surface area contributed by atoms with Crippen molar-refractivity contribution in [1.29, 1.82) is 5.26 Å². The zero-order valence-electron chi connectivity index (χ0n) is 11.4. The molecule has 3 fully saturated rings. The Kier molecular flexibility index (Phi) is 2.73. The van der Waals surface area contributed by atoms with Crippen LogP contribution in [0.2, 0.25) is 0 Å². The Morgan fingerprint density at radius 1 is 1.17 bits per heavy atom. The smallest absolute Gasteiger partial charge is 0.0892 e. The third-order valence-corrected chi connectivity index (χ3v) is 5.59. The minimum atomic E-state index is -0.835. The fraction of sp³-hybridized carbons (Fsp3) is 0.933. The number of hydrogen-bond donors (Lipinski definition) is 1. The molecule has 5 atom stereocenters. The van der Waals surface area contributed by atoms with Gasteiger partial charge in [0.15, 0.2) is 0 Å². The topological polar surface area (TPSA) is 53.2 Å². The molecule has 3 aliphatic rings. The van der Waals surface area contributed by atoms with Crippen LogP contribution >= 0.6 is 0 Å². The maximum atomic E-state index is 11.2. The summed E-state index contributed by atoms with van der Waals surface area (Å²) < 4.78 is 5.74. The summed E-state index contributed by atoms with van der Waals surface area (Å²) in [6.45, 7) is 4.03. The van der Waals surface area contributed by atoms with E-state index in [-0.39, 0.29) is 12.2 Å². The van der Waals surface area contributed by atoms with Crippen molar-refractivity contribution in [1.82, 2.24) is 0 Å². The molecule has 2 aliphatic carbocycles. The van der Waals surface area contributed by atoms with Gasteiger partial charge in [-0.3, -0.25) is 0 Å². The van der Waals surface area contributed by atoms with Gasteiger partial charge in [0.2, 0.25) is 0 Å². The first-order valence-electron chi connectivity index (χ1n) is 7.28. The Morgan fingerprint density at radius 2 is 1.83 bits per heavy atom. The number of nitrogens with zero attached hydrogens (tertiary/aromatic N) is 1. The average Bonchev–Trinajstić information content (AvgIpc) is 2.86. The molecule has 0 amide bonds.